The molecule has 1 N–H and O–H groups in total. The maximum atomic E-state index is 9.14. The van der Waals surface area contributed by atoms with Gasteiger partial charge in [0.1, 0.15) is 5.01 Å². The minimum Gasteiger partial charge on any atom is -0.395 e. The van der Waals surface area contributed by atoms with Gasteiger partial charge in [-0.1, -0.05) is 25.1 Å². The van der Waals surface area contributed by atoms with E-state index in [1.807, 2.05) is 5.38 Å². The van der Waals surface area contributed by atoms with Gasteiger partial charge >= 0.3 is 0 Å². The number of benzene rings is 1. The lowest BCUT2D eigenvalue weighted by Gasteiger charge is -2.20. The number of aromatic nitrogens is 1. The van der Waals surface area contributed by atoms with Crippen LogP contribution < -0.4 is 0 Å². The van der Waals surface area contributed by atoms with E-state index < -0.39 is 0 Å². The molecule has 1 aromatic heterocycles. The number of aliphatic hydroxyl groups excluding tert-OH is 1. The second kappa shape index (κ2) is 8.49. The average Bonchev–Trinajstić information content (AvgIpc) is 2.97. The molecule has 0 aliphatic carbocycles. The number of nitrogens with zero attached hydrogens (tertiary/aromatic N) is 2. The first-order chi connectivity index (χ1) is 10.3. The van der Waals surface area contributed by atoms with Crippen LogP contribution in [0.15, 0.2) is 29.6 Å². The highest BCUT2D eigenvalue weighted by Gasteiger charge is 2.08. The largest absolute Gasteiger partial charge is 0.395 e. The van der Waals surface area contributed by atoms with Crippen LogP contribution in [0.3, 0.4) is 0 Å². The monoisotopic (exact) mass is 324 g/mol. The molecule has 5 heteroatoms. The second-order valence-corrected chi connectivity index (χ2v) is 6.10. The summed E-state index contributed by atoms with van der Waals surface area (Å²) in [6.07, 6.45) is 1.09. The number of rotatable bonds is 8. The normalized spacial score (nSPS) is 11.2. The Morgan fingerprint density at radius 1 is 1.33 bits per heavy atom. The molecule has 1 heterocycles. The van der Waals surface area contributed by atoms with Crippen LogP contribution in [0.4, 0.5) is 0 Å². The smallest absolute Gasteiger partial charge is 0.123 e. The lowest BCUT2D eigenvalue weighted by atomic mass is 10.1. The summed E-state index contributed by atoms with van der Waals surface area (Å²) in [5.74, 6) is 0.455. The molecule has 0 bridgehead atoms. The first-order valence-electron chi connectivity index (χ1n) is 7.19. The summed E-state index contributed by atoms with van der Waals surface area (Å²) in [6.45, 7) is 4.93. The lowest BCUT2D eigenvalue weighted by Crippen LogP contribution is -2.27. The first kappa shape index (κ1) is 16.4. The van der Waals surface area contributed by atoms with Gasteiger partial charge in [-0.05, 0) is 24.6 Å². The molecule has 3 nitrogen and oxygen atoms in total. The molecule has 2 rings (SSSR count). The Morgan fingerprint density at radius 3 is 2.86 bits per heavy atom. The highest BCUT2D eigenvalue weighted by Crippen LogP contribution is 2.25. The minimum absolute atomic E-state index is 0.200. The van der Waals surface area contributed by atoms with E-state index >= 15 is 0 Å². The molecule has 0 spiro atoms. The molecule has 0 atom stereocenters. The fourth-order valence-corrected chi connectivity index (χ4v) is 3.33. The van der Waals surface area contributed by atoms with Crippen molar-refractivity contribution in [1.29, 1.82) is 0 Å². The van der Waals surface area contributed by atoms with Crippen LogP contribution in [0.2, 0.25) is 0 Å². The van der Waals surface area contributed by atoms with Crippen LogP contribution in [0.5, 0.6) is 0 Å². The van der Waals surface area contributed by atoms with Gasteiger partial charge in [-0.15, -0.1) is 22.9 Å². The third kappa shape index (κ3) is 4.78. The van der Waals surface area contributed by atoms with E-state index in [9.17, 15) is 0 Å². The number of hydrogen-bond donors (Lipinski definition) is 1. The quantitative estimate of drug-likeness (QED) is 0.751. The number of alkyl halides is 1. The molecule has 21 heavy (non-hydrogen) atoms. The van der Waals surface area contributed by atoms with Gasteiger partial charge in [-0.2, -0.15) is 0 Å². The van der Waals surface area contributed by atoms with Gasteiger partial charge in [0.25, 0.3) is 0 Å². The third-order valence-corrected chi connectivity index (χ3v) is 4.44. The summed E-state index contributed by atoms with van der Waals surface area (Å²) in [5.41, 5.74) is 3.31. The van der Waals surface area contributed by atoms with Crippen molar-refractivity contribution < 1.29 is 5.11 Å². The van der Waals surface area contributed by atoms with Crippen molar-refractivity contribution in [2.75, 3.05) is 19.7 Å². The summed E-state index contributed by atoms with van der Waals surface area (Å²) in [4.78, 5) is 6.79. The lowest BCUT2D eigenvalue weighted by molar-refractivity contribution is 0.190. The molecule has 114 valence electrons. The van der Waals surface area contributed by atoms with Gasteiger partial charge in [0, 0.05) is 24.0 Å². The summed E-state index contributed by atoms with van der Waals surface area (Å²) < 4.78 is 0. The zero-order valence-electron chi connectivity index (χ0n) is 12.3. The summed E-state index contributed by atoms with van der Waals surface area (Å²) in [6, 6.07) is 8.45. The van der Waals surface area contributed by atoms with E-state index in [4.69, 9.17) is 16.7 Å². The minimum atomic E-state index is 0.200. The Bertz CT molecular complexity index is 553. The fraction of sp³-hybridized carbons (Fsp3) is 0.438. The first-order valence-corrected chi connectivity index (χ1v) is 8.61. The maximum absolute atomic E-state index is 9.14. The van der Waals surface area contributed by atoms with Crippen LogP contribution >= 0.6 is 22.9 Å². The van der Waals surface area contributed by atoms with Crippen LogP contribution in [-0.4, -0.2) is 34.7 Å². The second-order valence-electron chi connectivity index (χ2n) is 4.98. The number of aliphatic hydroxyl groups is 1. The van der Waals surface area contributed by atoms with Crippen molar-refractivity contribution in [3.63, 3.8) is 0 Å². The molecule has 1 aromatic carbocycles. The Kier molecular flexibility index (Phi) is 6.64. The van der Waals surface area contributed by atoms with Crippen molar-refractivity contribution in [3.05, 3.63) is 40.9 Å². The Morgan fingerprint density at radius 2 is 2.19 bits per heavy atom. The molecule has 0 radical (unpaired) electrons. The summed E-state index contributed by atoms with van der Waals surface area (Å²) >= 11 is 7.44. The van der Waals surface area contributed by atoms with Crippen molar-refractivity contribution in [1.82, 2.24) is 9.88 Å². The number of thiazole rings is 1. The van der Waals surface area contributed by atoms with Gasteiger partial charge in [0.2, 0.25) is 0 Å². The van der Waals surface area contributed by atoms with Crippen molar-refractivity contribution in [3.8, 4) is 10.6 Å². The van der Waals surface area contributed by atoms with E-state index in [-0.39, 0.29) is 6.61 Å². The highest BCUT2D eigenvalue weighted by atomic mass is 35.5. The molecule has 0 saturated heterocycles. The Labute approximate surface area is 135 Å². The molecule has 0 saturated carbocycles. The predicted octanol–water partition coefficient (Wildman–Crippen LogP) is 3.75. The molecule has 0 amide bonds. The molecular weight excluding hydrogens is 304 g/mol. The van der Waals surface area contributed by atoms with E-state index in [0.717, 1.165) is 35.8 Å². The number of hydrogen-bond acceptors (Lipinski definition) is 4. The highest BCUT2D eigenvalue weighted by molar-refractivity contribution is 7.13. The van der Waals surface area contributed by atoms with E-state index in [1.165, 1.54) is 5.56 Å². The van der Waals surface area contributed by atoms with Gasteiger partial charge < -0.3 is 5.11 Å². The van der Waals surface area contributed by atoms with Gasteiger partial charge in [-0.25, -0.2) is 4.98 Å². The SMILES string of the molecule is CCCN(CCO)Cc1cccc(-c2nc(CCl)cs2)c1. The zero-order chi connectivity index (χ0) is 15.1. The zero-order valence-corrected chi connectivity index (χ0v) is 13.8. The third-order valence-electron chi connectivity index (χ3n) is 3.22. The molecule has 2 aromatic rings. The topological polar surface area (TPSA) is 36.4 Å². The van der Waals surface area contributed by atoms with Crippen molar-refractivity contribution >= 4 is 22.9 Å². The van der Waals surface area contributed by atoms with E-state index in [2.05, 4.69) is 41.1 Å². The molecular formula is C16H21ClN2OS. The fourth-order valence-electron chi connectivity index (χ4n) is 2.29. The van der Waals surface area contributed by atoms with Crippen LogP contribution in [0, 0.1) is 0 Å². The summed E-state index contributed by atoms with van der Waals surface area (Å²) in [5, 5.41) is 12.2. The van der Waals surface area contributed by atoms with E-state index in [1.54, 1.807) is 11.3 Å². The maximum Gasteiger partial charge on any atom is 0.123 e. The van der Waals surface area contributed by atoms with E-state index in [0.29, 0.717) is 12.4 Å². The standard InChI is InChI=1S/C16H21ClN2OS/c1-2-6-19(7-8-20)11-13-4-3-5-14(9-13)16-18-15(10-17)12-21-16/h3-5,9,12,20H,2,6-8,10-11H2,1H3. The summed E-state index contributed by atoms with van der Waals surface area (Å²) in [7, 11) is 0. The van der Waals surface area contributed by atoms with Gasteiger partial charge in [0.05, 0.1) is 18.2 Å². The van der Waals surface area contributed by atoms with Gasteiger partial charge in [0.15, 0.2) is 0 Å². The Balaban J connectivity index is 2.12. The molecule has 0 unspecified atom stereocenters. The van der Waals surface area contributed by atoms with Crippen LogP contribution in [0.1, 0.15) is 24.6 Å². The van der Waals surface area contributed by atoms with Crippen molar-refractivity contribution in [2.24, 2.45) is 0 Å². The predicted molar refractivity (Wildman–Crippen MR) is 89.8 cm³/mol. The molecule has 0 fully saturated rings. The van der Waals surface area contributed by atoms with Crippen LogP contribution in [-0.2, 0) is 12.4 Å². The van der Waals surface area contributed by atoms with Crippen molar-refractivity contribution in [2.45, 2.75) is 25.8 Å². The Hall–Kier alpha value is -0.940. The average molecular weight is 325 g/mol. The molecule has 0 aliphatic heterocycles. The van der Waals surface area contributed by atoms with Gasteiger partial charge in [-0.3, -0.25) is 4.90 Å². The molecule has 0 aliphatic rings. The van der Waals surface area contributed by atoms with Crippen LogP contribution in [0.25, 0.3) is 10.6 Å². The number of halogens is 1.